The van der Waals surface area contributed by atoms with Crippen LogP contribution in [-0.4, -0.2) is 15.3 Å². The smallest absolute Gasteiger partial charge is 0.156 e. The topological polar surface area (TPSA) is 58.0 Å². The summed E-state index contributed by atoms with van der Waals surface area (Å²) in [4.78, 5) is 0. The van der Waals surface area contributed by atoms with E-state index in [4.69, 9.17) is 0 Å². The summed E-state index contributed by atoms with van der Waals surface area (Å²) in [5.74, 6) is 1.04. The minimum atomic E-state index is 0.272. The molecule has 1 aromatic heterocycles. The van der Waals surface area contributed by atoms with Crippen LogP contribution in [-0.2, 0) is 6.54 Å². The van der Waals surface area contributed by atoms with Crippen LogP contribution in [0, 0.1) is 0 Å². The monoisotopic (exact) mass is 251 g/mol. The Labute approximate surface area is 110 Å². The molecule has 0 saturated heterocycles. The lowest BCUT2D eigenvalue weighted by Crippen LogP contribution is -2.02. The third-order valence-corrected chi connectivity index (χ3v) is 2.97. The molecule has 0 atom stereocenters. The van der Waals surface area contributed by atoms with Gasteiger partial charge < -0.3 is 10.4 Å². The van der Waals surface area contributed by atoms with Crippen molar-refractivity contribution in [3.8, 4) is 5.75 Å². The Morgan fingerprint density at radius 1 is 1.00 bits per heavy atom. The predicted molar refractivity (Wildman–Crippen MR) is 75.0 cm³/mol. The van der Waals surface area contributed by atoms with Gasteiger partial charge in [0.15, 0.2) is 5.82 Å². The number of nitrogens with zero attached hydrogens (tertiary/aromatic N) is 2. The van der Waals surface area contributed by atoms with Gasteiger partial charge in [0, 0.05) is 17.3 Å². The van der Waals surface area contributed by atoms with Gasteiger partial charge in [-0.25, -0.2) is 0 Å². The molecular formula is C15H13N3O. The molecule has 0 amide bonds. The molecule has 3 aromatic rings. The second-order valence-electron chi connectivity index (χ2n) is 4.30. The van der Waals surface area contributed by atoms with Crippen LogP contribution in [0.5, 0.6) is 5.75 Å². The van der Waals surface area contributed by atoms with E-state index in [1.807, 2.05) is 36.4 Å². The molecule has 0 spiro atoms. The molecule has 0 unspecified atom stereocenters. The maximum Gasteiger partial charge on any atom is 0.156 e. The first-order chi connectivity index (χ1) is 9.33. The van der Waals surface area contributed by atoms with Gasteiger partial charge in [-0.05, 0) is 17.7 Å². The van der Waals surface area contributed by atoms with Crippen molar-refractivity contribution < 1.29 is 5.11 Å². The predicted octanol–water partition coefficient (Wildman–Crippen LogP) is 2.95. The SMILES string of the molecule is Oc1ccc(CNc2nncc3ccccc23)cc1. The lowest BCUT2D eigenvalue weighted by molar-refractivity contribution is 0.475. The number of hydrogen-bond acceptors (Lipinski definition) is 4. The second-order valence-corrected chi connectivity index (χ2v) is 4.30. The number of fused-ring (bicyclic) bond motifs is 1. The van der Waals surface area contributed by atoms with Gasteiger partial charge >= 0.3 is 0 Å². The number of phenols is 1. The van der Waals surface area contributed by atoms with Gasteiger partial charge in [-0.2, -0.15) is 5.10 Å². The van der Waals surface area contributed by atoms with Crippen LogP contribution in [0.3, 0.4) is 0 Å². The minimum Gasteiger partial charge on any atom is -0.508 e. The molecule has 0 fully saturated rings. The number of aromatic hydroxyl groups is 1. The van der Waals surface area contributed by atoms with E-state index in [9.17, 15) is 5.11 Å². The van der Waals surface area contributed by atoms with E-state index in [-0.39, 0.29) is 5.75 Å². The highest BCUT2D eigenvalue weighted by atomic mass is 16.3. The number of nitrogens with one attached hydrogen (secondary N) is 1. The van der Waals surface area contributed by atoms with Crippen LogP contribution < -0.4 is 5.32 Å². The molecule has 4 nitrogen and oxygen atoms in total. The number of aromatic nitrogens is 2. The average molecular weight is 251 g/mol. The third kappa shape index (κ3) is 2.47. The van der Waals surface area contributed by atoms with Crippen molar-refractivity contribution >= 4 is 16.6 Å². The summed E-state index contributed by atoms with van der Waals surface area (Å²) < 4.78 is 0. The Bertz CT molecular complexity index is 690. The Morgan fingerprint density at radius 3 is 2.63 bits per heavy atom. The average Bonchev–Trinajstić information content (AvgIpc) is 2.47. The van der Waals surface area contributed by atoms with Crippen LogP contribution in [0.4, 0.5) is 5.82 Å². The van der Waals surface area contributed by atoms with Gasteiger partial charge in [-0.1, -0.05) is 36.4 Å². The third-order valence-electron chi connectivity index (χ3n) is 2.97. The first kappa shape index (κ1) is 11.5. The van der Waals surface area contributed by atoms with Crippen molar-refractivity contribution in [1.82, 2.24) is 10.2 Å². The lowest BCUT2D eigenvalue weighted by Gasteiger charge is -2.07. The van der Waals surface area contributed by atoms with E-state index >= 15 is 0 Å². The Morgan fingerprint density at radius 2 is 1.79 bits per heavy atom. The van der Waals surface area contributed by atoms with E-state index in [2.05, 4.69) is 15.5 Å². The van der Waals surface area contributed by atoms with Crippen LogP contribution in [0.25, 0.3) is 10.8 Å². The summed E-state index contributed by atoms with van der Waals surface area (Å²) in [6, 6.07) is 15.1. The number of anilines is 1. The van der Waals surface area contributed by atoms with E-state index in [1.165, 1.54) is 0 Å². The standard InChI is InChI=1S/C15H13N3O/c19-13-7-5-11(6-8-13)9-16-15-14-4-2-1-3-12(14)10-17-18-15/h1-8,10,19H,9H2,(H,16,18). The van der Waals surface area contributed by atoms with Gasteiger partial charge in [-0.3, -0.25) is 0 Å². The minimum absolute atomic E-state index is 0.272. The molecular weight excluding hydrogens is 238 g/mol. The van der Waals surface area contributed by atoms with Crippen molar-refractivity contribution in [2.75, 3.05) is 5.32 Å². The van der Waals surface area contributed by atoms with E-state index < -0.39 is 0 Å². The molecule has 2 N–H and O–H groups in total. The van der Waals surface area contributed by atoms with E-state index in [1.54, 1.807) is 18.3 Å². The zero-order chi connectivity index (χ0) is 13.1. The van der Waals surface area contributed by atoms with Gasteiger partial charge in [0.05, 0.1) is 6.20 Å². The molecule has 0 aliphatic rings. The number of rotatable bonds is 3. The van der Waals surface area contributed by atoms with Crippen molar-refractivity contribution in [1.29, 1.82) is 0 Å². The summed E-state index contributed by atoms with van der Waals surface area (Å²) in [7, 11) is 0. The van der Waals surface area contributed by atoms with Crippen molar-refractivity contribution in [3.63, 3.8) is 0 Å². The van der Waals surface area contributed by atoms with Gasteiger partial charge in [0.25, 0.3) is 0 Å². The Kier molecular flexibility index (Phi) is 2.98. The first-order valence-electron chi connectivity index (χ1n) is 6.05. The summed E-state index contributed by atoms with van der Waals surface area (Å²) in [6.07, 6.45) is 1.75. The van der Waals surface area contributed by atoms with Crippen LogP contribution in [0.1, 0.15) is 5.56 Å². The molecule has 0 saturated carbocycles. The first-order valence-corrected chi connectivity index (χ1v) is 6.05. The molecule has 94 valence electrons. The molecule has 19 heavy (non-hydrogen) atoms. The van der Waals surface area contributed by atoms with E-state index in [0.717, 1.165) is 22.2 Å². The summed E-state index contributed by atoms with van der Waals surface area (Å²) in [6.45, 7) is 0.642. The zero-order valence-corrected chi connectivity index (χ0v) is 10.2. The fourth-order valence-electron chi connectivity index (χ4n) is 1.96. The molecule has 1 heterocycles. The van der Waals surface area contributed by atoms with Crippen molar-refractivity contribution in [3.05, 3.63) is 60.3 Å². The molecule has 0 aliphatic heterocycles. The second kappa shape index (κ2) is 4.94. The highest BCUT2D eigenvalue weighted by Gasteiger charge is 2.02. The fourth-order valence-corrected chi connectivity index (χ4v) is 1.96. The van der Waals surface area contributed by atoms with Crippen LogP contribution in [0.2, 0.25) is 0 Å². The summed E-state index contributed by atoms with van der Waals surface area (Å²) in [5.41, 5.74) is 1.08. The number of benzene rings is 2. The molecule has 0 bridgehead atoms. The lowest BCUT2D eigenvalue weighted by atomic mass is 10.2. The maximum atomic E-state index is 9.24. The zero-order valence-electron chi connectivity index (χ0n) is 10.2. The van der Waals surface area contributed by atoms with Crippen LogP contribution in [0.15, 0.2) is 54.7 Å². The van der Waals surface area contributed by atoms with Crippen molar-refractivity contribution in [2.24, 2.45) is 0 Å². The van der Waals surface area contributed by atoms with Gasteiger partial charge in [-0.15, -0.1) is 5.10 Å². The number of hydrogen-bond donors (Lipinski definition) is 2. The number of phenolic OH excluding ortho intramolecular Hbond substituents is 1. The van der Waals surface area contributed by atoms with Crippen LogP contribution >= 0.6 is 0 Å². The summed E-state index contributed by atoms with van der Waals surface area (Å²) in [5, 5.41) is 22.7. The van der Waals surface area contributed by atoms with E-state index in [0.29, 0.717) is 6.54 Å². The maximum absolute atomic E-state index is 9.24. The molecule has 2 aromatic carbocycles. The Hall–Kier alpha value is -2.62. The van der Waals surface area contributed by atoms with Gasteiger partial charge in [0.2, 0.25) is 0 Å². The molecule has 3 rings (SSSR count). The molecule has 0 radical (unpaired) electrons. The highest BCUT2D eigenvalue weighted by molar-refractivity contribution is 5.90. The molecule has 4 heteroatoms. The quantitative estimate of drug-likeness (QED) is 0.751. The normalized spacial score (nSPS) is 10.5. The fraction of sp³-hybridized carbons (Fsp3) is 0.0667. The molecule has 0 aliphatic carbocycles. The highest BCUT2D eigenvalue weighted by Crippen LogP contribution is 2.20. The van der Waals surface area contributed by atoms with Crippen molar-refractivity contribution in [2.45, 2.75) is 6.54 Å². The summed E-state index contributed by atoms with van der Waals surface area (Å²) >= 11 is 0. The largest absolute Gasteiger partial charge is 0.508 e. The Balaban J connectivity index is 1.84. The van der Waals surface area contributed by atoms with Gasteiger partial charge in [0.1, 0.15) is 5.75 Å².